The molecule has 88 valence electrons. The van der Waals surface area contributed by atoms with E-state index in [0.717, 1.165) is 18.4 Å². The van der Waals surface area contributed by atoms with E-state index < -0.39 is 10.0 Å². The molecular formula is C11H14BrNO2S. The molecule has 1 aliphatic carbocycles. The van der Waals surface area contributed by atoms with Crippen LogP contribution >= 0.6 is 15.9 Å². The lowest BCUT2D eigenvalue weighted by atomic mass is 10.1. The highest BCUT2D eigenvalue weighted by Crippen LogP contribution is 2.36. The minimum absolute atomic E-state index is 0.00116. The zero-order chi connectivity index (χ0) is 11.8. The summed E-state index contributed by atoms with van der Waals surface area (Å²) in [6.45, 7) is 0. The van der Waals surface area contributed by atoms with Gasteiger partial charge in [-0.15, -0.1) is 0 Å². The Morgan fingerprint density at radius 1 is 1.44 bits per heavy atom. The summed E-state index contributed by atoms with van der Waals surface area (Å²) >= 11 is 3.03. The second-order valence-electron chi connectivity index (χ2n) is 3.99. The van der Waals surface area contributed by atoms with Crippen molar-refractivity contribution < 1.29 is 8.42 Å². The van der Waals surface area contributed by atoms with Crippen LogP contribution in [0.5, 0.6) is 0 Å². The number of nitrogens with zero attached hydrogens (tertiary/aromatic N) is 1. The summed E-state index contributed by atoms with van der Waals surface area (Å²) in [7, 11) is -1.52. The average Bonchev–Trinajstić information content (AvgIpc) is 2.71. The van der Waals surface area contributed by atoms with Crippen molar-refractivity contribution in [3.8, 4) is 0 Å². The van der Waals surface area contributed by atoms with Crippen molar-refractivity contribution in [1.29, 1.82) is 0 Å². The Morgan fingerprint density at radius 3 is 2.81 bits per heavy atom. The SMILES string of the molecule is CN(C1CCc2ccccc21)S(=O)(=O)CBr. The van der Waals surface area contributed by atoms with Gasteiger partial charge < -0.3 is 0 Å². The first kappa shape index (κ1) is 12.1. The van der Waals surface area contributed by atoms with Crippen LogP contribution in [0.1, 0.15) is 23.6 Å². The molecule has 0 spiro atoms. The summed E-state index contributed by atoms with van der Waals surface area (Å²) in [5.74, 6) is 0. The second kappa shape index (κ2) is 4.47. The minimum Gasteiger partial charge on any atom is -0.211 e. The van der Waals surface area contributed by atoms with Gasteiger partial charge in [-0.1, -0.05) is 40.2 Å². The molecule has 0 heterocycles. The largest absolute Gasteiger partial charge is 0.224 e. The van der Waals surface area contributed by atoms with Crippen LogP contribution in [0.15, 0.2) is 24.3 Å². The molecule has 16 heavy (non-hydrogen) atoms. The zero-order valence-electron chi connectivity index (χ0n) is 9.06. The molecule has 1 atom stereocenters. The molecule has 0 N–H and O–H groups in total. The number of hydrogen-bond acceptors (Lipinski definition) is 2. The van der Waals surface area contributed by atoms with E-state index in [4.69, 9.17) is 0 Å². The maximum atomic E-state index is 11.8. The quantitative estimate of drug-likeness (QED) is 0.804. The molecule has 0 aliphatic heterocycles. The van der Waals surface area contributed by atoms with Gasteiger partial charge in [0.1, 0.15) is 4.66 Å². The summed E-state index contributed by atoms with van der Waals surface area (Å²) in [5.41, 5.74) is 2.42. The molecule has 0 radical (unpaired) electrons. The van der Waals surface area contributed by atoms with Gasteiger partial charge in [0.05, 0.1) is 0 Å². The topological polar surface area (TPSA) is 37.4 Å². The minimum atomic E-state index is -3.17. The normalized spacial score (nSPS) is 20.1. The summed E-state index contributed by atoms with van der Waals surface area (Å²) in [6, 6.07) is 8.06. The standard InChI is InChI=1S/C11H14BrNO2S/c1-13(16(14,15)8-12)11-7-6-9-4-2-3-5-10(9)11/h2-5,11H,6-8H2,1H3. The van der Waals surface area contributed by atoms with Gasteiger partial charge >= 0.3 is 0 Å². The number of halogens is 1. The van der Waals surface area contributed by atoms with Crippen LogP contribution in [-0.2, 0) is 16.4 Å². The monoisotopic (exact) mass is 303 g/mol. The Kier molecular flexibility index (Phi) is 3.37. The highest BCUT2D eigenvalue weighted by molar-refractivity contribution is 9.10. The van der Waals surface area contributed by atoms with Gasteiger partial charge in [-0.3, -0.25) is 0 Å². The van der Waals surface area contributed by atoms with Crippen LogP contribution in [0.25, 0.3) is 0 Å². The van der Waals surface area contributed by atoms with Gasteiger partial charge in [-0.2, -0.15) is 4.31 Å². The van der Waals surface area contributed by atoms with E-state index in [2.05, 4.69) is 22.0 Å². The fourth-order valence-corrected chi connectivity index (χ4v) is 3.91. The third-order valence-electron chi connectivity index (χ3n) is 3.12. The van der Waals surface area contributed by atoms with Gasteiger partial charge in [0.2, 0.25) is 10.0 Å². The Balaban J connectivity index is 2.33. The van der Waals surface area contributed by atoms with Crippen molar-refractivity contribution >= 4 is 26.0 Å². The number of fused-ring (bicyclic) bond motifs is 1. The molecule has 3 nitrogen and oxygen atoms in total. The Hall–Kier alpha value is -0.390. The van der Waals surface area contributed by atoms with Crippen molar-refractivity contribution in [3.05, 3.63) is 35.4 Å². The lowest BCUT2D eigenvalue weighted by Gasteiger charge is -2.23. The third kappa shape index (κ3) is 2.04. The van der Waals surface area contributed by atoms with E-state index in [1.54, 1.807) is 7.05 Å². The van der Waals surface area contributed by atoms with Crippen LogP contribution < -0.4 is 0 Å². The molecule has 2 rings (SSSR count). The van der Waals surface area contributed by atoms with Crippen LogP contribution in [0.4, 0.5) is 0 Å². The lowest BCUT2D eigenvalue weighted by molar-refractivity contribution is 0.377. The van der Waals surface area contributed by atoms with Gasteiger partial charge in [0, 0.05) is 13.1 Å². The van der Waals surface area contributed by atoms with E-state index >= 15 is 0 Å². The van der Waals surface area contributed by atoms with Gasteiger partial charge in [-0.25, -0.2) is 8.42 Å². The summed E-state index contributed by atoms with van der Waals surface area (Å²) in [6.07, 6.45) is 1.84. The molecule has 0 amide bonds. The number of rotatable bonds is 3. The Morgan fingerprint density at radius 2 is 2.12 bits per heavy atom. The van der Waals surface area contributed by atoms with Crippen LogP contribution in [0, 0.1) is 0 Å². The van der Waals surface area contributed by atoms with Crippen molar-refractivity contribution in [1.82, 2.24) is 4.31 Å². The lowest BCUT2D eigenvalue weighted by Crippen LogP contribution is -2.30. The molecule has 0 saturated carbocycles. The Bertz CT molecular complexity index is 487. The first-order valence-corrected chi connectivity index (χ1v) is 7.89. The molecular weight excluding hydrogens is 290 g/mol. The molecule has 0 fully saturated rings. The fraction of sp³-hybridized carbons (Fsp3) is 0.455. The molecule has 5 heteroatoms. The number of aryl methyl sites for hydroxylation is 1. The third-order valence-corrected chi connectivity index (χ3v) is 6.26. The predicted octanol–water partition coefficient (Wildman–Crippen LogP) is 2.29. The first-order valence-electron chi connectivity index (χ1n) is 5.16. The molecule has 1 aromatic rings. The molecule has 1 aliphatic rings. The highest BCUT2D eigenvalue weighted by atomic mass is 79.9. The van der Waals surface area contributed by atoms with Gasteiger partial charge in [0.15, 0.2) is 0 Å². The molecule has 0 bridgehead atoms. The van der Waals surface area contributed by atoms with Crippen LogP contribution in [-0.4, -0.2) is 24.4 Å². The first-order chi connectivity index (χ1) is 7.56. The fourth-order valence-electron chi connectivity index (χ4n) is 2.18. The maximum absolute atomic E-state index is 11.8. The van der Waals surface area contributed by atoms with Gasteiger partial charge in [-0.05, 0) is 24.0 Å². The maximum Gasteiger partial charge on any atom is 0.224 e. The van der Waals surface area contributed by atoms with Crippen molar-refractivity contribution in [2.75, 3.05) is 11.7 Å². The average molecular weight is 304 g/mol. The summed E-state index contributed by atoms with van der Waals surface area (Å²) < 4.78 is 25.0. The number of alkyl halides is 1. The van der Waals surface area contributed by atoms with Crippen molar-refractivity contribution in [2.24, 2.45) is 0 Å². The number of benzene rings is 1. The van der Waals surface area contributed by atoms with E-state index in [9.17, 15) is 8.42 Å². The molecule has 1 aromatic carbocycles. The summed E-state index contributed by atoms with van der Waals surface area (Å²) in [5, 5.41) is 0. The second-order valence-corrected chi connectivity index (χ2v) is 7.32. The van der Waals surface area contributed by atoms with E-state index in [1.807, 2.05) is 18.2 Å². The number of hydrogen-bond donors (Lipinski definition) is 0. The smallest absolute Gasteiger partial charge is 0.211 e. The molecule has 0 aromatic heterocycles. The van der Waals surface area contributed by atoms with Crippen LogP contribution in [0.3, 0.4) is 0 Å². The molecule has 0 saturated heterocycles. The zero-order valence-corrected chi connectivity index (χ0v) is 11.5. The van der Waals surface area contributed by atoms with Crippen LogP contribution in [0.2, 0.25) is 0 Å². The van der Waals surface area contributed by atoms with E-state index in [0.29, 0.717) is 0 Å². The van der Waals surface area contributed by atoms with Crippen molar-refractivity contribution in [2.45, 2.75) is 18.9 Å². The number of sulfonamides is 1. The Labute approximate surface area is 105 Å². The van der Waals surface area contributed by atoms with Gasteiger partial charge in [0.25, 0.3) is 0 Å². The summed E-state index contributed by atoms with van der Waals surface area (Å²) in [4.78, 5) is 0. The molecule has 1 unspecified atom stereocenters. The van der Waals surface area contributed by atoms with E-state index in [1.165, 1.54) is 9.87 Å². The predicted molar refractivity (Wildman–Crippen MR) is 68.0 cm³/mol. The van der Waals surface area contributed by atoms with Crippen molar-refractivity contribution in [3.63, 3.8) is 0 Å². The van der Waals surface area contributed by atoms with E-state index in [-0.39, 0.29) is 10.7 Å². The highest BCUT2D eigenvalue weighted by Gasteiger charge is 2.31.